The Labute approximate surface area is 103 Å². The maximum absolute atomic E-state index is 11.8. The number of pyridine rings is 1. The van der Waals surface area contributed by atoms with Crippen LogP contribution in [0.4, 0.5) is 5.69 Å². The first kappa shape index (κ1) is 13.5. The highest BCUT2D eigenvalue weighted by atomic mass is 16.1. The van der Waals surface area contributed by atoms with E-state index in [2.05, 4.69) is 24.1 Å². The van der Waals surface area contributed by atoms with Crippen LogP contribution in [0.15, 0.2) is 18.3 Å². The van der Waals surface area contributed by atoms with E-state index in [9.17, 15) is 4.79 Å². The topological polar surface area (TPSA) is 68.0 Å². The zero-order valence-corrected chi connectivity index (χ0v) is 10.6. The van der Waals surface area contributed by atoms with Crippen LogP contribution in [0.25, 0.3) is 0 Å². The van der Waals surface area contributed by atoms with E-state index in [1.54, 1.807) is 18.3 Å². The van der Waals surface area contributed by atoms with Crippen molar-refractivity contribution in [2.24, 2.45) is 0 Å². The minimum Gasteiger partial charge on any atom is -0.397 e. The van der Waals surface area contributed by atoms with E-state index < -0.39 is 0 Å². The molecule has 0 fully saturated rings. The molecule has 1 rings (SSSR count). The van der Waals surface area contributed by atoms with Crippen LogP contribution < -0.4 is 11.1 Å². The Morgan fingerprint density at radius 3 is 2.76 bits per heavy atom. The standard InChI is InChI=1S/C13H21N3O/c1-3-5-11(4-2)16-13(17)8-12-7-6-10(14)9-15-12/h6-7,9,11H,3-5,8,14H2,1-2H3,(H,16,17). The van der Waals surface area contributed by atoms with Crippen molar-refractivity contribution in [3.63, 3.8) is 0 Å². The summed E-state index contributed by atoms with van der Waals surface area (Å²) in [4.78, 5) is 15.9. The molecule has 4 nitrogen and oxygen atoms in total. The van der Waals surface area contributed by atoms with Gasteiger partial charge in [-0.3, -0.25) is 9.78 Å². The number of amides is 1. The molecule has 0 radical (unpaired) electrons. The van der Waals surface area contributed by atoms with Gasteiger partial charge < -0.3 is 11.1 Å². The van der Waals surface area contributed by atoms with E-state index in [0.29, 0.717) is 12.1 Å². The van der Waals surface area contributed by atoms with Gasteiger partial charge in [0.15, 0.2) is 0 Å². The fourth-order valence-electron chi connectivity index (χ4n) is 1.71. The molecule has 0 saturated heterocycles. The fourth-order valence-corrected chi connectivity index (χ4v) is 1.71. The van der Waals surface area contributed by atoms with Crippen LogP contribution >= 0.6 is 0 Å². The summed E-state index contributed by atoms with van der Waals surface area (Å²) >= 11 is 0. The largest absolute Gasteiger partial charge is 0.397 e. The molecular formula is C13H21N3O. The van der Waals surface area contributed by atoms with Gasteiger partial charge in [0.25, 0.3) is 0 Å². The second-order valence-electron chi connectivity index (χ2n) is 4.22. The molecule has 0 saturated carbocycles. The lowest BCUT2D eigenvalue weighted by Crippen LogP contribution is -2.35. The third-order valence-corrected chi connectivity index (χ3v) is 2.68. The smallest absolute Gasteiger partial charge is 0.226 e. The van der Waals surface area contributed by atoms with Crippen molar-refractivity contribution in [1.82, 2.24) is 10.3 Å². The normalized spacial score (nSPS) is 12.1. The summed E-state index contributed by atoms with van der Waals surface area (Å²) in [6, 6.07) is 3.83. The van der Waals surface area contributed by atoms with Crippen molar-refractivity contribution in [1.29, 1.82) is 0 Å². The SMILES string of the molecule is CCCC(CC)NC(=O)Cc1ccc(N)cn1. The molecular weight excluding hydrogens is 214 g/mol. The Balaban J connectivity index is 2.46. The number of carbonyl (C=O) groups is 1. The third kappa shape index (κ3) is 4.85. The number of nitrogens with zero attached hydrogens (tertiary/aromatic N) is 1. The zero-order chi connectivity index (χ0) is 12.7. The fraction of sp³-hybridized carbons (Fsp3) is 0.538. The molecule has 0 aromatic carbocycles. The first-order valence-corrected chi connectivity index (χ1v) is 6.15. The predicted octanol–water partition coefficient (Wildman–Crippen LogP) is 1.90. The highest BCUT2D eigenvalue weighted by Gasteiger charge is 2.10. The molecule has 94 valence electrons. The van der Waals surface area contributed by atoms with Crippen LogP contribution in [0.1, 0.15) is 38.8 Å². The number of nitrogen functional groups attached to an aromatic ring is 1. The summed E-state index contributed by atoms with van der Waals surface area (Å²) in [6.07, 6.45) is 4.97. The molecule has 1 heterocycles. The molecule has 1 atom stereocenters. The number of anilines is 1. The van der Waals surface area contributed by atoms with Crippen LogP contribution in [-0.2, 0) is 11.2 Å². The van der Waals surface area contributed by atoms with Crippen molar-refractivity contribution in [2.45, 2.75) is 45.6 Å². The molecule has 17 heavy (non-hydrogen) atoms. The number of rotatable bonds is 6. The third-order valence-electron chi connectivity index (χ3n) is 2.68. The maximum atomic E-state index is 11.8. The summed E-state index contributed by atoms with van der Waals surface area (Å²) in [7, 11) is 0. The van der Waals surface area contributed by atoms with Gasteiger partial charge in [0.1, 0.15) is 0 Å². The Morgan fingerprint density at radius 1 is 1.47 bits per heavy atom. The molecule has 0 aliphatic carbocycles. The van der Waals surface area contributed by atoms with Gasteiger partial charge >= 0.3 is 0 Å². The lowest BCUT2D eigenvalue weighted by atomic mass is 10.1. The van der Waals surface area contributed by atoms with Gasteiger partial charge in [-0.25, -0.2) is 0 Å². The summed E-state index contributed by atoms with van der Waals surface area (Å²) in [5.74, 6) is 0.0302. The lowest BCUT2D eigenvalue weighted by molar-refractivity contribution is -0.121. The first-order valence-electron chi connectivity index (χ1n) is 6.15. The van der Waals surface area contributed by atoms with Crippen molar-refractivity contribution < 1.29 is 4.79 Å². The van der Waals surface area contributed by atoms with Gasteiger partial charge in [0.2, 0.25) is 5.91 Å². The number of hydrogen-bond donors (Lipinski definition) is 2. The summed E-state index contributed by atoms with van der Waals surface area (Å²) in [5, 5.41) is 3.02. The van der Waals surface area contributed by atoms with Crippen molar-refractivity contribution >= 4 is 11.6 Å². The molecule has 0 aliphatic rings. The van der Waals surface area contributed by atoms with E-state index in [0.717, 1.165) is 25.0 Å². The van der Waals surface area contributed by atoms with Gasteiger partial charge in [-0.15, -0.1) is 0 Å². The number of aromatic nitrogens is 1. The van der Waals surface area contributed by atoms with E-state index in [-0.39, 0.29) is 11.9 Å². The van der Waals surface area contributed by atoms with E-state index in [4.69, 9.17) is 5.73 Å². The number of nitrogens with two attached hydrogens (primary N) is 1. The Morgan fingerprint density at radius 2 is 2.24 bits per heavy atom. The summed E-state index contributed by atoms with van der Waals surface area (Å²) < 4.78 is 0. The molecule has 0 bridgehead atoms. The van der Waals surface area contributed by atoms with E-state index in [1.807, 2.05) is 0 Å². The quantitative estimate of drug-likeness (QED) is 0.791. The molecule has 1 amide bonds. The number of carbonyl (C=O) groups excluding carboxylic acids is 1. The lowest BCUT2D eigenvalue weighted by Gasteiger charge is -2.15. The average Bonchev–Trinajstić information content (AvgIpc) is 2.31. The predicted molar refractivity (Wildman–Crippen MR) is 69.5 cm³/mol. The Kier molecular flexibility index (Phi) is 5.46. The van der Waals surface area contributed by atoms with Gasteiger partial charge in [0, 0.05) is 11.7 Å². The second-order valence-corrected chi connectivity index (χ2v) is 4.22. The Bertz CT molecular complexity index is 348. The van der Waals surface area contributed by atoms with E-state index in [1.165, 1.54) is 0 Å². The molecule has 0 spiro atoms. The Hall–Kier alpha value is -1.58. The van der Waals surface area contributed by atoms with Crippen molar-refractivity contribution in [2.75, 3.05) is 5.73 Å². The summed E-state index contributed by atoms with van der Waals surface area (Å²) in [5.41, 5.74) is 6.91. The zero-order valence-electron chi connectivity index (χ0n) is 10.6. The molecule has 1 aromatic heterocycles. The maximum Gasteiger partial charge on any atom is 0.226 e. The molecule has 3 N–H and O–H groups in total. The minimum atomic E-state index is 0.0302. The second kappa shape index (κ2) is 6.89. The van der Waals surface area contributed by atoms with Crippen molar-refractivity contribution in [3.8, 4) is 0 Å². The van der Waals surface area contributed by atoms with Crippen LogP contribution in [-0.4, -0.2) is 16.9 Å². The van der Waals surface area contributed by atoms with Crippen LogP contribution in [0.3, 0.4) is 0 Å². The summed E-state index contributed by atoms with van der Waals surface area (Å²) in [6.45, 7) is 4.21. The molecule has 1 unspecified atom stereocenters. The molecule has 0 aliphatic heterocycles. The van der Waals surface area contributed by atoms with Crippen molar-refractivity contribution in [3.05, 3.63) is 24.0 Å². The average molecular weight is 235 g/mol. The number of hydrogen-bond acceptors (Lipinski definition) is 3. The molecule has 4 heteroatoms. The van der Waals surface area contributed by atoms with E-state index >= 15 is 0 Å². The van der Waals surface area contributed by atoms with Crippen LogP contribution in [0, 0.1) is 0 Å². The van der Waals surface area contributed by atoms with Gasteiger partial charge in [-0.1, -0.05) is 20.3 Å². The first-order chi connectivity index (χ1) is 8.15. The highest BCUT2D eigenvalue weighted by Crippen LogP contribution is 2.04. The number of nitrogens with one attached hydrogen (secondary N) is 1. The molecule has 1 aromatic rings. The van der Waals surface area contributed by atoms with Gasteiger partial charge in [-0.05, 0) is 25.0 Å². The minimum absolute atomic E-state index is 0.0302. The van der Waals surface area contributed by atoms with Gasteiger partial charge in [0.05, 0.1) is 18.3 Å². The van der Waals surface area contributed by atoms with Gasteiger partial charge in [-0.2, -0.15) is 0 Å². The van der Waals surface area contributed by atoms with Crippen LogP contribution in [0.5, 0.6) is 0 Å². The van der Waals surface area contributed by atoms with Crippen LogP contribution in [0.2, 0.25) is 0 Å². The highest BCUT2D eigenvalue weighted by molar-refractivity contribution is 5.78. The monoisotopic (exact) mass is 235 g/mol.